The van der Waals surface area contributed by atoms with Crippen LogP contribution in [0.4, 0.5) is 26.3 Å². The fraction of sp³-hybridized carbons (Fsp3) is 0.208. The number of alkyl halides is 6. The maximum absolute atomic E-state index is 12.9. The largest absolute Gasteiger partial charge is 0.494 e. The molecule has 7 aromatic rings. The van der Waals surface area contributed by atoms with Crippen molar-refractivity contribution in [2.45, 2.75) is 38.0 Å². The molecule has 0 aliphatic heterocycles. The Labute approximate surface area is 381 Å². The number of rotatable bonds is 18. The maximum atomic E-state index is 12.9. The van der Waals surface area contributed by atoms with E-state index in [9.17, 15) is 26.3 Å². The van der Waals surface area contributed by atoms with Crippen molar-refractivity contribution in [2.75, 3.05) is 26.4 Å². The molecular formula is C48H38F6I2O6. The molecule has 0 amide bonds. The Morgan fingerprint density at radius 2 is 0.645 bits per heavy atom. The predicted octanol–water partition coefficient (Wildman–Crippen LogP) is 15.3. The van der Waals surface area contributed by atoms with E-state index in [4.69, 9.17) is 27.8 Å². The van der Waals surface area contributed by atoms with Crippen LogP contribution < -0.4 is 18.9 Å². The van der Waals surface area contributed by atoms with E-state index < -0.39 is 23.5 Å². The van der Waals surface area contributed by atoms with Gasteiger partial charge in [0.15, 0.2) is 0 Å². The third kappa shape index (κ3) is 12.1. The van der Waals surface area contributed by atoms with Crippen LogP contribution in [-0.4, -0.2) is 26.4 Å². The zero-order valence-corrected chi connectivity index (χ0v) is 37.1. The molecule has 0 radical (unpaired) electrons. The Balaban J connectivity index is 0.763. The molecule has 62 heavy (non-hydrogen) atoms. The highest BCUT2D eigenvalue weighted by Gasteiger charge is 2.31. The number of hydrogen-bond acceptors (Lipinski definition) is 6. The first-order chi connectivity index (χ1) is 29.8. The smallest absolute Gasteiger partial charge is 0.416 e. The molecule has 2 aromatic heterocycles. The normalized spacial score (nSPS) is 11.7. The summed E-state index contributed by atoms with van der Waals surface area (Å²) in [6.07, 6.45) is -5.59. The van der Waals surface area contributed by atoms with Crippen LogP contribution in [0.3, 0.4) is 0 Å². The lowest BCUT2D eigenvalue weighted by Gasteiger charge is -2.13. The molecule has 7 rings (SSSR count). The molecule has 0 spiro atoms. The van der Waals surface area contributed by atoms with E-state index in [1.807, 2.05) is 60.7 Å². The first-order valence-corrected chi connectivity index (χ1v) is 21.7. The lowest BCUT2D eigenvalue weighted by atomic mass is 10.1. The van der Waals surface area contributed by atoms with Crippen molar-refractivity contribution >= 4 is 45.2 Å². The van der Waals surface area contributed by atoms with Crippen molar-refractivity contribution in [3.8, 4) is 68.3 Å². The molecule has 0 saturated carbocycles. The lowest BCUT2D eigenvalue weighted by Crippen LogP contribution is -2.05. The van der Waals surface area contributed by atoms with E-state index in [0.29, 0.717) is 72.1 Å². The first kappa shape index (κ1) is 44.9. The van der Waals surface area contributed by atoms with Crippen LogP contribution in [0.1, 0.15) is 36.8 Å². The summed E-state index contributed by atoms with van der Waals surface area (Å²) < 4.78 is 115. The van der Waals surface area contributed by atoms with Crippen LogP contribution in [0.15, 0.2) is 142 Å². The van der Waals surface area contributed by atoms with Gasteiger partial charge in [-0.2, -0.15) is 26.3 Å². The van der Waals surface area contributed by atoms with Crippen molar-refractivity contribution < 1.29 is 54.1 Å². The third-order valence-corrected chi connectivity index (χ3v) is 11.3. The SMILES string of the molecule is FC(F)(F)c1ccc(-c2ccc(-c3ccc(OCCCCOc4cc(I)c(OCCCCOc5ccc(-c6ccc(-c7ccc(C(F)(F)F)cc7)o6)cc5)cc4I)cc3)o2)cc1. The number of ether oxygens (including phenoxy) is 4. The number of benzene rings is 5. The molecule has 0 fully saturated rings. The molecule has 0 atom stereocenters. The average molecular weight is 1080 g/mol. The molecular weight excluding hydrogens is 1040 g/mol. The van der Waals surface area contributed by atoms with E-state index >= 15 is 0 Å². The Bertz CT molecular complexity index is 2330. The number of hydrogen-bond donors (Lipinski definition) is 0. The topological polar surface area (TPSA) is 63.2 Å². The Morgan fingerprint density at radius 3 is 0.935 bits per heavy atom. The molecule has 0 saturated heterocycles. The lowest BCUT2D eigenvalue weighted by molar-refractivity contribution is -0.138. The molecule has 0 N–H and O–H groups in total. The second-order valence-corrected chi connectivity index (χ2v) is 16.4. The number of furan rings is 2. The molecule has 0 unspecified atom stereocenters. The summed E-state index contributed by atoms with van der Waals surface area (Å²) in [5, 5.41) is 0. The molecule has 0 bridgehead atoms. The van der Waals surface area contributed by atoms with Gasteiger partial charge in [-0.15, -0.1) is 0 Å². The summed E-state index contributed by atoms with van der Waals surface area (Å²) in [4.78, 5) is 0. The van der Waals surface area contributed by atoms with Gasteiger partial charge in [-0.3, -0.25) is 0 Å². The molecule has 14 heteroatoms. The van der Waals surface area contributed by atoms with Gasteiger partial charge in [-0.05, 0) is 180 Å². The van der Waals surface area contributed by atoms with Gasteiger partial charge >= 0.3 is 12.4 Å². The summed E-state index contributed by atoms with van der Waals surface area (Å²) in [6.45, 7) is 2.11. The zero-order valence-electron chi connectivity index (χ0n) is 32.8. The van der Waals surface area contributed by atoms with Crippen LogP contribution in [0, 0.1) is 7.14 Å². The Kier molecular flexibility index (Phi) is 14.8. The van der Waals surface area contributed by atoms with E-state index in [-0.39, 0.29) is 0 Å². The van der Waals surface area contributed by atoms with Crippen LogP contribution in [0.2, 0.25) is 0 Å². The van der Waals surface area contributed by atoms with Crippen LogP contribution in [-0.2, 0) is 12.4 Å². The third-order valence-electron chi connectivity index (χ3n) is 9.60. The van der Waals surface area contributed by atoms with Gasteiger partial charge in [0.1, 0.15) is 46.0 Å². The first-order valence-electron chi connectivity index (χ1n) is 19.6. The molecule has 0 aliphatic carbocycles. The quantitative estimate of drug-likeness (QED) is 0.0485. The Morgan fingerprint density at radius 1 is 0.371 bits per heavy atom. The van der Waals surface area contributed by atoms with Gasteiger partial charge in [0.05, 0.1) is 44.7 Å². The Hall–Kier alpha value is -5.10. The second-order valence-electron chi connectivity index (χ2n) is 14.0. The second kappa shape index (κ2) is 20.4. The zero-order chi connectivity index (χ0) is 43.7. The van der Waals surface area contributed by atoms with E-state index in [1.54, 1.807) is 24.3 Å². The summed E-state index contributed by atoms with van der Waals surface area (Å²) in [6, 6.07) is 35.7. The fourth-order valence-electron chi connectivity index (χ4n) is 6.26. The monoisotopic (exact) mass is 1080 g/mol. The predicted molar refractivity (Wildman–Crippen MR) is 241 cm³/mol. The van der Waals surface area contributed by atoms with Gasteiger partial charge in [0.2, 0.25) is 0 Å². The van der Waals surface area contributed by atoms with Gasteiger partial charge in [-0.1, -0.05) is 24.3 Å². The van der Waals surface area contributed by atoms with Gasteiger partial charge < -0.3 is 27.8 Å². The van der Waals surface area contributed by atoms with Gasteiger partial charge in [0.25, 0.3) is 0 Å². The van der Waals surface area contributed by atoms with Crippen LogP contribution in [0.25, 0.3) is 45.3 Å². The van der Waals surface area contributed by atoms with E-state index in [0.717, 1.165) is 79.7 Å². The van der Waals surface area contributed by atoms with Crippen LogP contribution in [0.5, 0.6) is 23.0 Å². The molecule has 322 valence electrons. The highest BCUT2D eigenvalue weighted by molar-refractivity contribution is 14.1. The minimum Gasteiger partial charge on any atom is -0.494 e. The highest BCUT2D eigenvalue weighted by Crippen LogP contribution is 2.36. The van der Waals surface area contributed by atoms with Crippen molar-refractivity contribution in [3.05, 3.63) is 152 Å². The molecule has 0 aliphatic rings. The van der Waals surface area contributed by atoms with Gasteiger partial charge in [-0.25, -0.2) is 0 Å². The van der Waals surface area contributed by atoms with Gasteiger partial charge in [0, 0.05) is 22.3 Å². The van der Waals surface area contributed by atoms with Crippen molar-refractivity contribution in [1.82, 2.24) is 0 Å². The van der Waals surface area contributed by atoms with E-state index in [1.165, 1.54) is 24.3 Å². The molecule has 5 aromatic carbocycles. The van der Waals surface area contributed by atoms with Crippen molar-refractivity contribution in [1.29, 1.82) is 0 Å². The van der Waals surface area contributed by atoms with E-state index in [2.05, 4.69) is 45.2 Å². The maximum Gasteiger partial charge on any atom is 0.416 e. The molecule has 2 heterocycles. The van der Waals surface area contributed by atoms with Crippen LogP contribution >= 0.6 is 45.2 Å². The summed E-state index contributed by atoms with van der Waals surface area (Å²) in [5.74, 6) is 5.20. The minimum absolute atomic E-state index is 0.483. The summed E-state index contributed by atoms with van der Waals surface area (Å²) in [5.41, 5.74) is 1.36. The van der Waals surface area contributed by atoms with Crippen molar-refractivity contribution in [3.63, 3.8) is 0 Å². The minimum atomic E-state index is -4.39. The standard InChI is InChI=1S/C48H38F6I2O6/c49-47(50,51)35-13-5-31(6-14-35)41-21-23-43(61-41)33-9-17-37(18-10-33)57-25-1-3-27-59-45-29-40(56)46(30-39(45)55)60-28-4-2-26-58-38-19-11-34(12-20-38)44-24-22-42(62-44)32-7-15-36(16-8-32)48(52,53)54/h5-24,29-30H,1-4,25-28H2. The van der Waals surface area contributed by atoms with Crippen molar-refractivity contribution in [2.24, 2.45) is 0 Å². The average Bonchev–Trinajstić information content (AvgIpc) is 3.97. The molecule has 6 nitrogen and oxygen atoms in total. The highest BCUT2D eigenvalue weighted by atomic mass is 127. The number of unbranched alkanes of at least 4 members (excludes halogenated alkanes) is 2. The summed E-state index contributed by atoms with van der Waals surface area (Å²) in [7, 11) is 0. The summed E-state index contributed by atoms with van der Waals surface area (Å²) >= 11 is 4.50. The number of halogens is 8. The fourth-order valence-corrected chi connectivity index (χ4v) is 7.45.